The molecule has 2 aromatic rings. The Kier molecular flexibility index (Phi) is 4.44. The molecule has 0 bridgehead atoms. The summed E-state index contributed by atoms with van der Waals surface area (Å²) in [4.78, 5) is 21.9. The molecular formula is C19H25N3OS. The standard InChI is InChI=1S/C19H25N3OS/c1-14-5-6-16-17(13-14)24-19(20-16)22-11-7-15(8-12-22)18(23)21-9-3-2-4-10-21/h5-6,13,15H,2-4,7-12H2,1H3. The van der Waals surface area contributed by atoms with Gasteiger partial charge in [0.15, 0.2) is 5.13 Å². The molecule has 0 saturated carbocycles. The molecule has 5 heteroatoms. The Morgan fingerprint density at radius 1 is 1.12 bits per heavy atom. The van der Waals surface area contributed by atoms with Gasteiger partial charge in [0, 0.05) is 32.1 Å². The fourth-order valence-electron chi connectivity index (χ4n) is 3.85. The number of carbonyl (C=O) groups is 1. The van der Waals surface area contributed by atoms with Crippen LogP contribution in [0.4, 0.5) is 5.13 Å². The van der Waals surface area contributed by atoms with Crippen molar-refractivity contribution in [3.63, 3.8) is 0 Å². The number of fused-ring (bicyclic) bond motifs is 1. The highest BCUT2D eigenvalue weighted by Gasteiger charge is 2.30. The van der Waals surface area contributed by atoms with Crippen molar-refractivity contribution in [2.24, 2.45) is 5.92 Å². The molecule has 0 unspecified atom stereocenters. The van der Waals surface area contributed by atoms with E-state index in [1.54, 1.807) is 11.3 Å². The van der Waals surface area contributed by atoms with E-state index in [0.29, 0.717) is 5.91 Å². The Bertz CT molecular complexity index is 727. The fraction of sp³-hybridized carbons (Fsp3) is 0.579. The molecule has 3 heterocycles. The minimum Gasteiger partial charge on any atom is -0.348 e. The average molecular weight is 343 g/mol. The summed E-state index contributed by atoms with van der Waals surface area (Å²) in [5.74, 6) is 0.616. The van der Waals surface area contributed by atoms with Crippen molar-refractivity contribution < 1.29 is 4.79 Å². The minimum absolute atomic E-state index is 0.218. The van der Waals surface area contributed by atoms with Crippen LogP contribution in [0.1, 0.15) is 37.7 Å². The maximum atomic E-state index is 12.7. The molecule has 24 heavy (non-hydrogen) atoms. The van der Waals surface area contributed by atoms with Crippen molar-refractivity contribution >= 4 is 32.6 Å². The van der Waals surface area contributed by atoms with Gasteiger partial charge in [-0.15, -0.1) is 0 Å². The van der Waals surface area contributed by atoms with Gasteiger partial charge in [-0.05, 0) is 56.7 Å². The molecule has 0 atom stereocenters. The van der Waals surface area contributed by atoms with E-state index in [-0.39, 0.29) is 5.92 Å². The topological polar surface area (TPSA) is 36.4 Å². The van der Waals surface area contributed by atoms with Crippen LogP contribution in [0.3, 0.4) is 0 Å². The van der Waals surface area contributed by atoms with Crippen molar-refractivity contribution in [2.75, 3.05) is 31.1 Å². The first-order valence-corrected chi connectivity index (χ1v) is 9.93. The molecule has 2 saturated heterocycles. The SMILES string of the molecule is Cc1ccc2nc(N3CCC(C(=O)N4CCCCC4)CC3)sc2c1. The molecular weight excluding hydrogens is 318 g/mol. The van der Waals surface area contributed by atoms with Crippen LogP contribution in [0.25, 0.3) is 10.2 Å². The van der Waals surface area contributed by atoms with E-state index in [0.717, 1.165) is 49.7 Å². The highest BCUT2D eigenvalue weighted by molar-refractivity contribution is 7.22. The number of piperidine rings is 2. The Balaban J connectivity index is 1.40. The lowest BCUT2D eigenvalue weighted by atomic mass is 9.94. The van der Waals surface area contributed by atoms with E-state index in [2.05, 4.69) is 34.9 Å². The lowest BCUT2D eigenvalue weighted by Crippen LogP contribution is -2.44. The van der Waals surface area contributed by atoms with Gasteiger partial charge in [0.2, 0.25) is 5.91 Å². The van der Waals surface area contributed by atoms with Gasteiger partial charge >= 0.3 is 0 Å². The average Bonchev–Trinajstić information content (AvgIpc) is 3.05. The third-order valence-corrected chi connectivity index (χ3v) is 6.39. The van der Waals surface area contributed by atoms with Gasteiger partial charge in [-0.2, -0.15) is 0 Å². The molecule has 1 aromatic heterocycles. The van der Waals surface area contributed by atoms with Gasteiger partial charge in [0.05, 0.1) is 10.2 Å². The molecule has 4 nitrogen and oxygen atoms in total. The highest BCUT2D eigenvalue weighted by atomic mass is 32.1. The van der Waals surface area contributed by atoms with Gasteiger partial charge in [-0.3, -0.25) is 4.79 Å². The summed E-state index contributed by atoms with van der Waals surface area (Å²) in [6.07, 6.45) is 5.55. The lowest BCUT2D eigenvalue weighted by molar-refractivity contribution is -0.137. The summed E-state index contributed by atoms with van der Waals surface area (Å²) in [5, 5.41) is 1.11. The van der Waals surface area contributed by atoms with Gasteiger partial charge in [0.1, 0.15) is 0 Å². The predicted molar refractivity (Wildman–Crippen MR) is 99.7 cm³/mol. The van der Waals surface area contributed by atoms with Crippen LogP contribution in [-0.4, -0.2) is 42.0 Å². The number of thiazole rings is 1. The zero-order valence-electron chi connectivity index (χ0n) is 14.3. The normalized spacial score (nSPS) is 19.9. The van der Waals surface area contributed by atoms with Gasteiger partial charge in [-0.25, -0.2) is 4.98 Å². The van der Waals surface area contributed by atoms with Crippen molar-refractivity contribution in [1.29, 1.82) is 0 Å². The number of amides is 1. The third kappa shape index (κ3) is 3.14. The number of carbonyl (C=O) groups excluding carboxylic acids is 1. The molecule has 2 fully saturated rings. The summed E-state index contributed by atoms with van der Waals surface area (Å²) < 4.78 is 1.26. The van der Waals surface area contributed by atoms with Crippen LogP contribution in [0, 0.1) is 12.8 Å². The van der Waals surface area contributed by atoms with E-state index in [1.165, 1.54) is 29.5 Å². The van der Waals surface area contributed by atoms with E-state index < -0.39 is 0 Å². The van der Waals surface area contributed by atoms with Crippen LogP contribution in [-0.2, 0) is 4.79 Å². The molecule has 1 aromatic carbocycles. The van der Waals surface area contributed by atoms with Crippen LogP contribution in [0.2, 0.25) is 0 Å². The second-order valence-corrected chi connectivity index (χ2v) is 8.12. The molecule has 0 aliphatic carbocycles. The van der Waals surface area contributed by atoms with Gasteiger partial charge < -0.3 is 9.80 Å². The van der Waals surface area contributed by atoms with Gasteiger partial charge in [0.25, 0.3) is 0 Å². The summed E-state index contributed by atoms with van der Waals surface area (Å²) >= 11 is 1.78. The smallest absolute Gasteiger partial charge is 0.225 e. The Morgan fingerprint density at radius 3 is 2.62 bits per heavy atom. The Hall–Kier alpha value is -1.62. The van der Waals surface area contributed by atoms with Gasteiger partial charge in [-0.1, -0.05) is 17.4 Å². The maximum absolute atomic E-state index is 12.7. The number of hydrogen-bond donors (Lipinski definition) is 0. The largest absolute Gasteiger partial charge is 0.348 e. The number of rotatable bonds is 2. The zero-order valence-corrected chi connectivity index (χ0v) is 15.1. The second kappa shape index (κ2) is 6.71. The molecule has 128 valence electrons. The first kappa shape index (κ1) is 15.9. The quantitative estimate of drug-likeness (QED) is 0.831. The number of benzene rings is 1. The van der Waals surface area contributed by atoms with Crippen molar-refractivity contribution in [3.8, 4) is 0 Å². The number of hydrogen-bond acceptors (Lipinski definition) is 4. The zero-order chi connectivity index (χ0) is 16.5. The highest BCUT2D eigenvalue weighted by Crippen LogP contribution is 2.32. The van der Waals surface area contributed by atoms with Crippen LogP contribution in [0.5, 0.6) is 0 Å². The molecule has 0 radical (unpaired) electrons. The molecule has 1 amide bonds. The van der Waals surface area contributed by atoms with Crippen molar-refractivity contribution in [2.45, 2.75) is 39.0 Å². The molecule has 4 rings (SSSR count). The van der Waals surface area contributed by atoms with Crippen LogP contribution in [0.15, 0.2) is 18.2 Å². The number of anilines is 1. The van der Waals surface area contributed by atoms with Crippen molar-refractivity contribution in [3.05, 3.63) is 23.8 Å². The summed E-state index contributed by atoms with van der Waals surface area (Å²) in [6, 6.07) is 6.44. The summed E-state index contributed by atoms with van der Waals surface area (Å²) in [5.41, 5.74) is 2.37. The Morgan fingerprint density at radius 2 is 1.88 bits per heavy atom. The molecule has 0 N–H and O–H groups in total. The monoisotopic (exact) mass is 343 g/mol. The van der Waals surface area contributed by atoms with E-state index in [4.69, 9.17) is 4.98 Å². The third-order valence-electron chi connectivity index (χ3n) is 5.32. The molecule has 2 aliphatic rings. The van der Waals surface area contributed by atoms with E-state index >= 15 is 0 Å². The summed E-state index contributed by atoms with van der Waals surface area (Å²) in [7, 11) is 0. The van der Waals surface area contributed by atoms with Crippen molar-refractivity contribution in [1.82, 2.24) is 9.88 Å². The van der Waals surface area contributed by atoms with E-state index in [9.17, 15) is 4.79 Å². The fourth-order valence-corrected chi connectivity index (χ4v) is 4.96. The second-order valence-electron chi connectivity index (χ2n) is 7.11. The number of aromatic nitrogens is 1. The van der Waals surface area contributed by atoms with E-state index in [1.807, 2.05) is 0 Å². The maximum Gasteiger partial charge on any atom is 0.225 e. The first-order chi connectivity index (χ1) is 11.7. The molecule has 0 spiro atoms. The van der Waals surface area contributed by atoms with Crippen LogP contribution >= 0.6 is 11.3 Å². The predicted octanol–water partition coefficient (Wildman–Crippen LogP) is 3.83. The lowest BCUT2D eigenvalue weighted by Gasteiger charge is -2.35. The number of likely N-dealkylation sites (tertiary alicyclic amines) is 1. The minimum atomic E-state index is 0.218. The number of nitrogens with zero attached hydrogens (tertiary/aromatic N) is 3. The van der Waals surface area contributed by atoms with Crippen LogP contribution < -0.4 is 4.90 Å². The Labute approximate surface area is 147 Å². The molecule has 2 aliphatic heterocycles. The summed E-state index contributed by atoms with van der Waals surface area (Å²) in [6.45, 7) is 5.95. The first-order valence-electron chi connectivity index (χ1n) is 9.11. The number of aryl methyl sites for hydroxylation is 1.